The Balaban J connectivity index is 0.00000242. The van der Waals surface area contributed by atoms with Crippen molar-refractivity contribution in [3.63, 3.8) is 0 Å². The van der Waals surface area contributed by atoms with Gasteiger partial charge >= 0.3 is 0 Å². The average molecular weight is 327 g/mol. The van der Waals surface area contributed by atoms with Crippen molar-refractivity contribution in [2.45, 2.75) is 38.6 Å². The van der Waals surface area contributed by atoms with E-state index >= 15 is 0 Å². The Hall–Kier alpha value is -1.26. The standard InChI is InChI=1S/C17H26N2O2.ClH/c1-13(14-6-7-14)19(17(20)5-4-12-18-2)15-8-10-16(21-3)11-9-15;/h8-11,13-14,18H,4-7,12H2,1-3H3;1H. The van der Waals surface area contributed by atoms with Crippen molar-refractivity contribution in [3.05, 3.63) is 24.3 Å². The van der Waals surface area contributed by atoms with E-state index in [1.807, 2.05) is 36.2 Å². The van der Waals surface area contributed by atoms with Gasteiger partial charge in [0.2, 0.25) is 5.91 Å². The monoisotopic (exact) mass is 326 g/mol. The lowest BCUT2D eigenvalue weighted by atomic mass is 10.1. The highest BCUT2D eigenvalue weighted by Crippen LogP contribution is 2.37. The Morgan fingerprint density at radius 3 is 2.50 bits per heavy atom. The maximum Gasteiger partial charge on any atom is 0.227 e. The molecule has 1 aromatic carbocycles. The summed E-state index contributed by atoms with van der Waals surface area (Å²) < 4.78 is 5.20. The number of benzene rings is 1. The minimum absolute atomic E-state index is 0. The van der Waals surface area contributed by atoms with Gasteiger partial charge in [0.1, 0.15) is 5.75 Å². The fraction of sp³-hybridized carbons (Fsp3) is 0.588. The molecule has 0 aliphatic heterocycles. The zero-order valence-corrected chi connectivity index (χ0v) is 14.5. The summed E-state index contributed by atoms with van der Waals surface area (Å²) in [5.41, 5.74) is 0.977. The van der Waals surface area contributed by atoms with Crippen LogP contribution in [0.4, 0.5) is 5.69 Å². The molecule has 5 heteroatoms. The Morgan fingerprint density at radius 1 is 1.36 bits per heavy atom. The molecule has 1 N–H and O–H groups in total. The lowest BCUT2D eigenvalue weighted by molar-refractivity contribution is -0.119. The van der Waals surface area contributed by atoms with E-state index in [-0.39, 0.29) is 24.4 Å². The van der Waals surface area contributed by atoms with Gasteiger partial charge in [0.15, 0.2) is 0 Å². The number of rotatable bonds is 8. The molecule has 1 saturated carbocycles. The van der Waals surface area contributed by atoms with E-state index in [4.69, 9.17) is 4.74 Å². The summed E-state index contributed by atoms with van der Waals surface area (Å²) >= 11 is 0. The van der Waals surface area contributed by atoms with Gasteiger partial charge in [-0.05, 0) is 70.0 Å². The number of hydrogen-bond acceptors (Lipinski definition) is 3. The SMILES string of the molecule is CNCCCC(=O)N(c1ccc(OC)cc1)C(C)C1CC1.Cl. The fourth-order valence-corrected chi connectivity index (χ4v) is 2.68. The minimum Gasteiger partial charge on any atom is -0.497 e. The molecule has 1 aliphatic rings. The molecule has 1 amide bonds. The van der Waals surface area contributed by atoms with Gasteiger partial charge in [0.25, 0.3) is 0 Å². The van der Waals surface area contributed by atoms with Crippen LogP contribution in [-0.2, 0) is 4.79 Å². The quantitative estimate of drug-likeness (QED) is 0.746. The van der Waals surface area contributed by atoms with Crippen LogP contribution in [0.3, 0.4) is 0 Å². The Bertz CT molecular complexity index is 460. The van der Waals surface area contributed by atoms with Gasteiger partial charge in [-0.25, -0.2) is 0 Å². The lowest BCUT2D eigenvalue weighted by Gasteiger charge is -2.30. The summed E-state index contributed by atoms with van der Waals surface area (Å²) in [4.78, 5) is 14.6. The molecule has 1 aromatic rings. The van der Waals surface area contributed by atoms with Crippen LogP contribution in [0.2, 0.25) is 0 Å². The minimum atomic E-state index is 0. The summed E-state index contributed by atoms with van der Waals surface area (Å²) in [6.45, 7) is 3.04. The van der Waals surface area contributed by atoms with Crippen molar-refractivity contribution < 1.29 is 9.53 Å². The molecular weight excluding hydrogens is 300 g/mol. The number of ether oxygens (including phenoxy) is 1. The molecule has 0 aromatic heterocycles. The number of nitrogens with zero attached hydrogens (tertiary/aromatic N) is 1. The average Bonchev–Trinajstić information content (AvgIpc) is 3.33. The van der Waals surface area contributed by atoms with Crippen molar-refractivity contribution in [3.8, 4) is 5.75 Å². The number of halogens is 1. The summed E-state index contributed by atoms with van der Waals surface area (Å²) in [6.07, 6.45) is 3.93. The van der Waals surface area contributed by atoms with Crippen LogP contribution in [0.15, 0.2) is 24.3 Å². The fourth-order valence-electron chi connectivity index (χ4n) is 2.68. The van der Waals surface area contributed by atoms with E-state index in [0.29, 0.717) is 12.3 Å². The molecule has 0 spiro atoms. The van der Waals surface area contributed by atoms with Gasteiger partial charge in [-0.1, -0.05) is 0 Å². The van der Waals surface area contributed by atoms with E-state index in [0.717, 1.165) is 24.4 Å². The van der Waals surface area contributed by atoms with E-state index < -0.39 is 0 Å². The Morgan fingerprint density at radius 2 is 2.00 bits per heavy atom. The highest BCUT2D eigenvalue weighted by Gasteiger charge is 2.34. The van der Waals surface area contributed by atoms with Crippen molar-refractivity contribution in [2.24, 2.45) is 5.92 Å². The number of amides is 1. The first-order valence-corrected chi connectivity index (χ1v) is 7.78. The van der Waals surface area contributed by atoms with E-state index in [2.05, 4.69) is 12.2 Å². The number of carbonyl (C=O) groups is 1. The molecule has 2 rings (SSSR count). The molecule has 1 atom stereocenters. The van der Waals surface area contributed by atoms with Crippen LogP contribution in [0.5, 0.6) is 5.75 Å². The predicted octanol–water partition coefficient (Wildman–Crippen LogP) is 3.25. The molecule has 22 heavy (non-hydrogen) atoms. The second-order valence-electron chi connectivity index (χ2n) is 5.75. The van der Waals surface area contributed by atoms with Crippen molar-refractivity contribution >= 4 is 24.0 Å². The molecule has 124 valence electrons. The zero-order valence-electron chi connectivity index (χ0n) is 13.7. The van der Waals surface area contributed by atoms with Gasteiger partial charge in [-0.2, -0.15) is 0 Å². The van der Waals surface area contributed by atoms with Crippen molar-refractivity contribution in [2.75, 3.05) is 25.6 Å². The van der Waals surface area contributed by atoms with Crippen LogP contribution in [0.25, 0.3) is 0 Å². The first-order valence-electron chi connectivity index (χ1n) is 7.78. The van der Waals surface area contributed by atoms with Gasteiger partial charge in [0, 0.05) is 18.2 Å². The summed E-state index contributed by atoms with van der Waals surface area (Å²) in [5, 5.41) is 3.09. The lowest BCUT2D eigenvalue weighted by Crippen LogP contribution is -2.40. The van der Waals surface area contributed by atoms with Crippen LogP contribution >= 0.6 is 12.4 Å². The number of carbonyl (C=O) groups excluding carboxylic acids is 1. The third-order valence-corrected chi connectivity index (χ3v) is 4.15. The molecule has 0 radical (unpaired) electrons. The summed E-state index contributed by atoms with van der Waals surface area (Å²) in [7, 11) is 3.57. The van der Waals surface area contributed by atoms with Crippen LogP contribution < -0.4 is 15.0 Å². The molecule has 1 aliphatic carbocycles. The highest BCUT2D eigenvalue weighted by molar-refractivity contribution is 5.94. The topological polar surface area (TPSA) is 41.6 Å². The molecule has 1 fully saturated rings. The predicted molar refractivity (Wildman–Crippen MR) is 93.1 cm³/mol. The summed E-state index contributed by atoms with van der Waals surface area (Å²) in [6, 6.07) is 8.08. The van der Waals surface area contributed by atoms with E-state index in [1.165, 1.54) is 12.8 Å². The van der Waals surface area contributed by atoms with E-state index in [9.17, 15) is 4.79 Å². The third kappa shape index (κ3) is 4.89. The second kappa shape index (κ2) is 9.01. The van der Waals surface area contributed by atoms with Crippen LogP contribution in [0, 0.1) is 5.92 Å². The largest absolute Gasteiger partial charge is 0.497 e. The molecule has 0 saturated heterocycles. The van der Waals surface area contributed by atoms with Gasteiger partial charge in [-0.15, -0.1) is 12.4 Å². The van der Waals surface area contributed by atoms with Gasteiger partial charge < -0.3 is 15.0 Å². The first kappa shape index (κ1) is 18.8. The Labute approximate surface area is 139 Å². The smallest absolute Gasteiger partial charge is 0.227 e. The van der Waals surface area contributed by atoms with Crippen molar-refractivity contribution in [1.29, 1.82) is 0 Å². The molecule has 1 unspecified atom stereocenters. The first-order chi connectivity index (χ1) is 10.2. The van der Waals surface area contributed by atoms with Gasteiger partial charge in [-0.3, -0.25) is 4.79 Å². The van der Waals surface area contributed by atoms with Crippen LogP contribution in [0.1, 0.15) is 32.6 Å². The van der Waals surface area contributed by atoms with Crippen LogP contribution in [-0.4, -0.2) is 32.7 Å². The number of nitrogens with one attached hydrogen (secondary N) is 1. The maximum atomic E-state index is 12.6. The number of anilines is 1. The Kier molecular flexibility index (Phi) is 7.69. The highest BCUT2D eigenvalue weighted by atomic mass is 35.5. The van der Waals surface area contributed by atoms with Gasteiger partial charge in [0.05, 0.1) is 7.11 Å². The van der Waals surface area contributed by atoms with Crippen molar-refractivity contribution in [1.82, 2.24) is 5.32 Å². The maximum absolute atomic E-state index is 12.6. The third-order valence-electron chi connectivity index (χ3n) is 4.15. The second-order valence-corrected chi connectivity index (χ2v) is 5.75. The number of methoxy groups -OCH3 is 1. The molecule has 0 heterocycles. The summed E-state index contributed by atoms with van der Waals surface area (Å²) in [5.74, 6) is 1.69. The molecular formula is C17H27ClN2O2. The molecule has 4 nitrogen and oxygen atoms in total. The van der Waals surface area contributed by atoms with E-state index in [1.54, 1.807) is 7.11 Å². The zero-order chi connectivity index (χ0) is 15.2. The normalized spacial score (nSPS) is 14.9. The molecule has 0 bridgehead atoms. The number of hydrogen-bond donors (Lipinski definition) is 1.